The lowest BCUT2D eigenvalue weighted by Crippen LogP contribution is -2.25. The molecule has 2 atom stereocenters. The molecule has 0 bridgehead atoms. The van der Waals surface area contributed by atoms with Gasteiger partial charge in [0, 0.05) is 18.5 Å². The van der Waals surface area contributed by atoms with E-state index in [0.29, 0.717) is 6.42 Å². The minimum atomic E-state index is -3.82. The number of nitriles is 2. The molecule has 1 N–H and O–H groups in total. The molecule has 0 radical (unpaired) electrons. The van der Waals surface area contributed by atoms with Crippen LogP contribution in [0.25, 0.3) is 0 Å². The highest BCUT2D eigenvalue weighted by Gasteiger charge is 2.28. The summed E-state index contributed by atoms with van der Waals surface area (Å²) < 4.78 is 26.4. The van der Waals surface area contributed by atoms with Gasteiger partial charge < -0.3 is 5.32 Å². The number of rotatable bonds is 7. The SMILES string of the molecule is C=CCC(C)(/C=C/C(C#N)C#CNC)C(C#N)=NOS(C)(=O)=O.CC.CC. The summed E-state index contributed by atoms with van der Waals surface area (Å²) in [7, 11) is -2.20. The average Bonchev–Trinajstić information content (AvgIpc) is 2.65. The van der Waals surface area contributed by atoms with Gasteiger partial charge in [-0.2, -0.15) is 18.9 Å². The Bertz CT molecular complexity index is 732. The van der Waals surface area contributed by atoms with Crippen LogP contribution in [0.2, 0.25) is 0 Å². The van der Waals surface area contributed by atoms with E-state index in [9.17, 15) is 13.7 Å². The maximum Gasteiger partial charge on any atom is 0.325 e. The van der Waals surface area contributed by atoms with Crippen LogP contribution in [0, 0.1) is 46.0 Å². The van der Waals surface area contributed by atoms with Crippen LogP contribution in [0.3, 0.4) is 0 Å². The van der Waals surface area contributed by atoms with Crippen molar-refractivity contribution in [3.63, 3.8) is 0 Å². The summed E-state index contributed by atoms with van der Waals surface area (Å²) in [5.74, 6) is 1.97. The second-order valence-electron chi connectivity index (χ2n) is 4.73. The molecule has 0 saturated heterocycles. The Hall–Kier alpha value is -2.76. The van der Waals surface area contributed by atoms with E-state index in [1.54, 1.807) is 26.1 Å². The van der Waals surface area contributed by atoms with Crippen molar-refractivity contribution in [2.75, 3.05) is 13.3 Å². The molecular formula is C19H30N4O3S. The van der Waals surface area contributed by atoms with Gasteiger partial charge in [0.2, 0.25) is 0 Å². The van der Waals surface area contributed by atoms with Gasteiger partial charge in [-0.25, -0.2) is 0 Å². The summed E-state index contributed by atoms with van der Waals surface area (Å²) in [6.07, 6.45) is 5.76. The normalized spacial score (nSPS) is 13.4. The van der Waals surface area contributed by atoms with Gasteiger partial charge in [-0.15, -0.1) is 6.58 Å². The third-order valence-electron chi connectivity index (χ3n) is 2.63. The smallest absolute Gasteiger partial charge is 0.325 e. The number of hydrogen-bond acceptors (Lipinski definition) is 7. The first-order valence-corrected chi connectivity index (χ1v) is 10.3. The van der Waals surface area contributed by atoms with Crippen molar-refractivity contribution >= 4 is 15.8 Å². The molecule has 0 aliphatic carbocycles. The van der Waals surface area contributed by atoms with Gasteiger partial charge in [0.05, 0.1) is 12.3 Å². The van der Waals surface area contributed by atoms with E-state index in [-0.39, 0.29) is 5.71 Å². The fraction of sp³-hybridized carbons (Fsp3) is 0.526. The van der Waals surface area contributed by atoms with Gasteiger partial charge in [-0.05, 0) is 13.3 Å². The van der Waals surface area contributed by atoms with E-state index in [4.69, 9.17) is 5.26 Å². The summed E-state index contributed by atoms with van der Waals surface area (Å²) in [6, 6.07) is 6.37. The van der Waals surface area contributed by atoms with E-state index in [1.165, 1.54) is 6.08 Å². The van der Waals surface area contributed by atoms with Crippen molar-refractivity contribution in [2.45, 2.75) is 41.0 Å². The number of allylic oxidation sites excluding steroid dienone is 3. The Balaban J connectivity index is -0.00000134. The summed E-state index contributed by atoms with van der Waals surface area (Å²) >= 11 is 0. The largest absolute Gasteiger partial charge is 0.349 e. The van der Waals surface area contributed by atoms with Gasteiger partial charge >= 0.3 is 10.1 Å². The number of hydrogen-bond donors (Lipinski definition) is 1. The van der Waals surface area contributed by atoms with Crippen LogP contribution < -0.4 is 5.32 Å². The average molecular weight is 395 g/mol. The number of nitrogens with zero attached hydrogens (tertiary/aromatic N) is 3. The van der Waals surface area contributed by atoms with Crippen LogP contribution in [0.4, 0.5) is 0 Å². The lowest BCUT2D eigenvalue weighted by molar-refractivity contribution is 0.337. The summed E-state index contributed by atoms with van der Waals surface area (Å²) in [5.41, 5.74) is -1.13. The number of nitrogens with one attached hydrogen (secondary N) is 1. The minimum absolute atomic E-state index is 0.155. The first kappa shape index (κ1) is 29.0. The molecule has 27 heavy (non-hydrogen) atoms. The maximum atomic E-state index is 11.0. The maximum absolute atomic E-state index is 11.0. The summed E-state index contributed by atoms with van der Waals surface area (Å²) in [6.45, 7) is 13.3. The first-order valence-electron chi connectivity index (χ1n) is 8.46. The fourth-order valence-electron chi connectivity index (χ4n) is 1.48. The monoisotopic (exact) mass is 394 g/mol. The molecule has 2 unspecified atom stereocenters. The van der Waals surface area contributed by atoms with Crippen molar-refractivity contribution in [3.05, 3.63) is 24.8 Å². The van der Waals surface area contributed by atoms with Gasteiger partial charge in [0.15, 0.2) is 5.71 Å². The van der Waals surface area contributed by atoms with Gasteiger partial charge in [-0.1, -0.05) is 57.0 Å². The van der Waals surface area contributed by atoms with E-state index in [0.717, 1.165) is 6.26 Å². The Morgan fingerprint density at radius 1 is 1.33 bits per heavy atom. The minimum Gasteiger partial charge on any atom is -0.349 e. The van der Waals surface area contributed by atoms with E-state index in [2.05, 4.69) is 33.3 Å². The van der Waals surface area contributed by atoms with E-state index in [1.807, 2.05) is 39.8 Å². The van der Waals surface area contributed by atoms with Crippen LogP contribution in [0.15, 0.2) is 30.0 Å². The summed E-state index contributed by atoms with van der Waals surface area (Å²) in [4.78, 5) is 0. The fourth-order valence-corrected chi connectivity index (χ4v) is 1.69. The van der Waals surface area contributed by atoms with Crippen molar-refractivity contribution in [3.8, 4) is 24.1 Å². The highest BCUT2D eigenvalue weighted by Crippen LogP contribution is 2.27. The molecule has 0 rings (SSSR count). The lowest BCUT2D eigenvalue weighted by atomic mass is 9.81. The van der Waals surface area contributed by atoms with E-state index >= 15 is 0 Å². The number of oxime groups is 1. The predicted octanol–water partition coefficient (Wildman–Crippen LogP) is 3.35. The van der Waals surface area contributed by atoms with Gasteiger partial charge in [0.1, 0.15) is 12.0 Å². The molecule has 0 aromatic carbocycles. The standard InChI is InChI=1S/C15H18N4O3S.2C2H6/c1-5-8-15(2,9-6-13(11-16)7-10-18-3)14(12-17)19-22-23(4,20)21;2*1-2/h5-6,9,13,18H,1,8H2,2-4H3;2*1-2H3/b9-6+,19-14?;;. The molecule has 0 spiro atoms. The molecule has 150 valence electrons. The van der Waals surface area contributed by atoms with Crippen molar-refractivity contribution in [2.24, 2.45) is 16.5 Å². The zero-order valence-corrected chi connectivity index (χ0v) is 18.0. The molecule has 0 aromatic heterocycles. The van der Waals surface area contributed by atoms with Crippen LogP contribution in [-0.2, 0) is 14.4 Å². The van der Waals surface area contributed by atoms with Crippen LogP contribution in [0.1, 0.15) is 41.0 Å². The van der Waals surface area contributed by atoms with Gasteiger partial charge in [0.25, 0.3) is 0 Å². The van der Waals surface area contributed by atoms with Crippen molar-refractivity contribution in [1.82, 2.24) is 5.32 Å². The molecule has 0 amide bonds. The Labute approximate surface area is 164 Å². The molecular weight excluding hydrogens is 364 g/mol. The quantitative estimate of drug-likeness (QED) is 0.233. The molecule has 0 aliphatic heterocycles. The molecule has 8 heteroatoms. The lowest BCUT2D eigenvalue weighted by Gasteiger charge is -2.21. The molecule has 0 saturated carbocycles. The Morgan fingerprint density at radius 3 is 2.26 bits per heavy atom. The zero-order chi connectivity index (χ0) is 21.9. The molecule has 0 heterocycles. The zero-order valence-electron chi connectivity index (χ0n) is 17.2. The molecule has 0 fully saturated rings. The second kappa shape index (κ2) is 16.7. The van der Waals surface area contributed by atoms with Crippen LogP contribution >= 0.6 is 0 Å². The topological polar surface area (TPSA) is 115 Å². The third kappa shape index (κ3) is 14.1. The molecule has 0 aromatic rings. The predicted molar refractivity (Wildman–Crippen MR) is 110 cm³/mol. The Kier molecular flexibility index (Phi) is 17.9. The summed E-state index contributed by atoms with van der Waals surface area (Å²) in [5, 5.41) is 24.3. The van der Waals surface area contributed by atoms with Gasteiger partial charge in [-0.3, -0.25) is 4.28 Å². The highest BCUT2D eigenvalue weighted by molar-refractivity contribution is 7.85. The Morgan fingerprint density at radius 2 is 1.89 bits per heavy atom. The van der Waals surface area contributed by atoms with E-state index < -0.39 is 21.5 Å². The first-order chi connectivity index (χ1) is 12.7. The van der Waals surface area contributed by atoms with Crippen LogP contribution in [0.5, 0.6) is 0 Å². The molecule has 7 nitrogen and oxygen atoms in total. The second-order valence-corrected chi connectivity index (χ2v) is 6.28. The van der Waals surface area contributed by atoms with Crippen molar-refractivity contribution in [1.29, 1.82) is 10.5 Å². The van der Waals surface area contributed by atoms with Crippen LogP contribution in [-0.4, -0.2) is 27.4 Å². The van der Waals surface area contributed by atoms with Crippen molar-refractivity contribution < 1.29 is 12.7 Å². The highest BCUT2D eigenvalue weighted by atomic mass is 32.2. The molecule has 0 aliphatic rings. The third-order valence-corrected chi connectivity index (χ3v) is 2.97.